The van der Waals surface area contributed by atoms with Crippen LogP contribution in [-0.2, 0) is 0 Å². The van der Waals surface area contributed by atoms with Gasteiger partial charge < -0.3 is 9.47 Å². The molecule has 1 aliphatic rings. The molecule has 0 aromatic heterocycles. The highest BCUT2D eigenvalue weighted by Crippen LogP contribution is 2.32. The van der Waals surface area contributed by atoms with Crippen molar-refractivity contribution in [3.63, 3.8) is 0 Å². The quantitative estimate of drug-likeness (QED) is 0.542. The van der Waals surface area contributed by atoms with Crippen molar-refractivity contribution >= 4 is 0 Å². The van der Waals surface area contributed by atoms with Gasteiger partial charge in [0, 0.05) is 12.0 Å². The maximum Gasteiger partial charge on any atom is 0.231 e. The van der Waals surface area contributed by atoms with E-state index in [1.807, 2.05) is 18.2 Å². The summed E-state index contributed by atoms with van der Waals surface area (Å²) in [5, 5.41) is 0. The molecule has 0 N–H and O–H groups in total. The van der Waals surface area contributed by atoms with Crippen LogP contribution >= 0.6 is 0 Å². The van der Waals surface area contributed by atoms with E-state index in [1.165, 1.54) is 6.42 Å². The highest BCUT2D eigenvalue weighted by molar-refractivity contribution is 5.49. The van der Waals surface area contributed by atoms with E-state index in [0.29, 0.717) is 6.79 Å². The maximum absolute atomic E-state index is 5.28. The molecule has 15 heavy (non-hydrogen) atoms. The van der Waals surface area contributed by atoms with Gasteiger partial charge in [0.1, 0.15) is 0 Å². The van der Waals surface area contributed by atoms with E-state index in [0.717, 1.165) is 29.9 Å². The van der Waals surface area contributed by atoms with Gasteiger partial charge in [-0.25, -0.2) is 0 Å². The van der Waals surface area contributed by atoms with Gasteiger partial charge in [0.25, 0.3) is 0 Å². The molecule has 1 aliphatic heterocycles. The predicted molar refractivity (Wildman–Crippen MR) is 59.0 cm³/mol. The zero-order valence-corrected chi connectivity index (χ0v) is 8.88. The molecule has 0 saturated carbocycles. The molecular formula is C13H14O2. The standard InChI is InChI=1S/C13H14O2/c1-2-3-4-5-6-11-7-8-12-13(9-11)15-10-14-12/h7-9H,2-4,10H2,1H3. The number of hydrogen-bond donors (Lipinski definition) is 0. The molecule has 0 fully saturated rings. The van der Waals surface area contributed by atoms with Gasteiger partial charge >= 0.3 is 0 Å². The lowest BCUT2D eigenvalue weighted by Gasteiger charge is -1.95. The zero-order chi connectivity index (χ0) is 10.5. The third kappa shape index (κ3) is 2.44. The summed E-state index contributed by atoms with van der Waals surface area (Å²) in [4.78, 5) is 0. The minimum Gasteiger partial charge on any atom is -0.454 e. The minimum atomic E-state index is 0.321. The van der Waals surface area contributed by atoms with Crippen LogP contribution in [0.4, 0.5) is 0 Å². The fourth-order valence-electron chi connectivity index (χ4n) is 1.40. The average Bonchev–Trinajstić information content (AvgIpc) is 2.71. The normalized spacial score (nSPS) is 12.1. The van der Waals surface area contributed by atoms with Crippen LogP contribution in [0.1, 0.15) is 31.7 Å². The summed E-state index contributed by atoms with van der Waals surface area (Å²) >= 11 is 0. The predicted octanol–water partition coefficient (Wildman–Crippen LogP) is 2.96. The molecule has 0 amide bonds. The van der Waals surface area contributed by atoms with Gasteiger partial charge in [0.05, 0.1) is 0 Å². The van der Waals surface area contributed by atoms with Crippen LogP contribution in [0, 0.1) is 11.8 Å². The van der Waals surface area contributed by atoms with Gasteiger partial charge in [-0.2, -0.15) is 0 Å². The molecule has 0 saturated heterocycles. The summed E-state index contributed by atoms with van der Waals surface area (Å²) in [6, 6.07) is 5.81. The second-order valence-electron chi connectivity index (χ2n) is 3.47. The first-order valence-electron chi connectivity index (χ1n) is 5.28. The molecule has 0 unspecified atom stereocenters. The summed E-state index contributed by atoms with van der Waals surface area (Å²) in [5.74, 6) is 7.89. The zero-order valence-electron chi connectivity index (χ0n) is 8.88. The van der Waals surface area contributed by atoms with Gasteiger partial charge in [-0.1, -0.05) is 25.2 Å². The molecule has 1 heterocycles. The number of fused-ring (bicyclic) bond motifs is 1. The van der Waals surface area contributed by atoms with E-state index < -0.39 is 0 Å². The van der Waals surface area contributed by atoms with Crippen molar-refractivity contribution < 1.29 is 9.47 Å². The molecule has 1 aromatic rings. The first kappa shape index (κ1) is 9.92. The molecule has 2 heteroatoms. The van der Waals surface area contributed by atoms with Gasteiger partial charge in [-0.3, -0.25) is 0 Å². The smallest absolute Gasteiger partial charge is 0.231 e. The molecule has 2 rings (SSSR count). The minimum absolute atomic E-state index is 0.321. The van der Waals surface area contributed by atoms with Crippen molar-refractivity contribution in [1.82, 2.24) is 0 Å². The first-order chi connectivity index (χ1) is 7.40. The monoisotopic (exact) mass is 202 g/mol. The highest BCUT2D eigenvalue weighted by atomic mass is 16.7. The average molecular weight is 202 g/mol. The molecule has 1 aromatic carbocycles. The third-order valence-electron chi connectivity index (χ3n) is 2.26. The molecular weight excluding hydrogens is 188 g/mol. The van der Waals surface area contributed by atoms with Crippen molar-refractivity contribution in [2.45, 2.75) is 26.2 Å². The van der Waals surface area contributed by atoms with Crippen molar-refractivity contribution in [1.29, 1.82) is 0 Å². The summed E-state index contributed by atoms with van der Waals surface area (Å²) in [6.45, 7) is 2.49. The summed E-state index contributed by atoms with van der Waals surface area (Å²) in [5.41, 5.74) is 0.996. The Hall–Kier alpha value is -1.62. The molecule has 0 radical (unpaired) electrons. The number of hydrogen-bond acceptors (Lipinski definition) is 2. The summed E-state index contributed by atoms with van der Waals surface area (Å²) in [7, 11) is 0. The molecule has 0 atom stereocenters. The molecule has 2 nitrogen and oxygen atoms in total. The van der Waals surface area contributed by atoms with E-state index in [2.05, 4.69) is 18.8 Å². The fraction of sp³-hybridized carbons (Fsp3) is 0.385. The fourth-order valence-corrected chi connectivity index (χ4v) is 1.40. The Morgan fingerprint density at radius 2 is 2.13 bits per heavy atom. The first-order valence-corrected chi connectivity index (χ1v) is 5.28. The largest absolute Gasteiger partial charge is 0.454 e. The highest BCUT2D eigenvalue weighted by Gasteiger charge is 2.12. The number of benzene rings is 1. The Morgan fingerprint density at radius 1 is 1.27 bits per heavy atom. The Bertz CT molecular complexity index is 399. The van der Waals surface area contributed by atoms with E-state index in [4.69, 9.17) is 9.47 Å². The van der Waals surface area contributed by atoms with Gasteiger partial charge in [-0.05, 0) is 24.6 Å². The van der Waals surface area contributed by atoms with Gasteiger partial charge in [0.2, 0.25) is 6.79 Å². The van der Waals surface area contributed by atoms with Crippen LogP contribution in [0.5, 0.6) is 11.5 Å². The Morgan fingerprint density at radius 3 is 3.00 bits per heavy atom. The van der Waals surface area contributed by atoms with E-state index in [1.54, 1.807) is 0 Å². The lowest BCUT2D eigenvalue weighted by molar-refractivity contribution is 0.174. The van der Waals surface area contributed by atoms with Crippen molar-refractivity contribution in [2.75, 3.05) is 6.79 Å². The van der Waals surface area contributed by atoms with Crippen molar-refractivity contribution in [3.8, 4) is 23.3 Å². The summed E-state index contributed by atoms with van der Waals surface area (Å²) < 4.78 is 10.5. The molecule has 0 aliphatic carbocycles. The van der Waals surface area contributed by atoms with E-state index in [-0.39, 0.29) is 0 Å². The van der Waals surface area contributed by atoms with Crippen LogP contribution in [0.15, 0.2) is 18.2 Å². The van der Waals surface area contributed by atoms with Gasteiger partial charge in [-0.15, -0.1) is 0 Å². The number of unbranched alkanes of at least 4 members (excludes halogenated alkanes) is 2. The molecule has 0 bridgehead atoms. The van der Waals surface area contributed by atoms with Crippen LogP contribution in [0.2, 0.25) is 0 Å². The number of rotatable bonds is 2. The van der Waals surface area contributed by atoms with Crippen LogP contribution in [-0.4, -0.2) is 6.79 Å². The lowest BCUT2D eigenvalue weighted by Crippen LogP contribution is -1.92. The molecule has 0 spiro atoms. The van der Waals surface area contributed by atoms with E-state index in [9.17, 15) is 0 Å². The second kappa shape index (κ2) is 4.75. The SMILES string of the molecule is CCCCC#Cc1ccc2c(c1)OCO2. The van der Waals surface area contributed by atoms with Crippen molar-refractivity contribution in [3.05, 3.63) is 23.8 Å². The lowest BCUT2D eigenvalue weighted by atomic mass is 10.2. The van der Waals surface area contributed by atoms with Crippen molar-refractivity contribution in [2.24, 2.45) is 0 Å². The number of ether oxygens (including phenoxy) is 2. The van der Waals surface area contributed by atoms with Gasteiger partial charge in [0.15, 0.2) is 11.5 Å². The Kier molecular flexibility index (Phi) is 3.14. The van der Waals surface area contributed by atoms with Crippen LogP contribution in [0.25, 0.3) is 0 Å². The maximum atomic E-state index is 5.28. The van der Waals surface area contributed by atoms with Crippen LogP contribution < -0.4 is 9.47 Å². The topological polar surface area (TPSA) is 18.5 Å². The third-order valence-corrected chi connectivity index (χ3v) is 2.26. The Balaban J connectivity index is 2.05. The molecule has 78 valence electrons. The second-order valence-corrected chi connectivity index (χ2v) is 3.47. The summed E-state index contributed by atoms with van der Waals surface area (Å²) in [6.07, 6.45) is 3.32. The Labute approximate surface area is 90.2 Å². The van der Waals surface area contributed by atoms with Crippen LogP contribution in [0.3, 0.4) is 0 Å². The van der Waals surface area contributed by atoms with E-state index >= 15 is 0 Å².